The van der Waals surface area contributed by atoms with E-state index in [-0.39, 0.29) is 142 Å². The van der Waals surface area contributed by atoms with Crippen LogP contribution < -0.4 is 43.6 Å². The van der Waals surface area contributed by atoms with Crippen molar-refractivity contribution in [3.8, 4) is 18.0 Å². The number of aromatic nitrogens is 6. The molecule has 0 aliphatic carbocycles. The van der Waals surface area contributed by atoms with E-state index in [1.165, 1.54) is 35.0 Å². The summed E-state index contributed by atoms with van der Waals surface area (Å²) >= 11 is 13.4. The number of carbonyl (C=O) groups is 3. The zero-order valence-corrected chi connectivity index (χ0v) is 85.5. The van der Waals surface area contributed by atoms with Gasteiger partial charge in [0.15, 0.2) is 0 Å². The third-order valence-corrected chi connectivity index (χ3v) is 29.1. The van der Waals surface area contributed by atoms with Crippen molar-refractivity contribution >= 4 is 162 Å². The highest BCUT2D eigenvalue weighted by atomic mass is 35.5. The second-order valence-electron chi connectivity index (χ2n) is 37.3. The number of rotatable bonds is 23. The minimum Gasteiger partial charge on any atom is -0.462 e. The number of hydrogen-bond donors (Lipinski definition) is 0. The van der Waals surface area contributed by atoms with Gasteiger partial charge in [-0.25, -0.2) is 24.1 Å². The predicted molar refractivity (Wildman–Crippen MR) is 578 cm³/mol. The van der Waals surface area contributed by atoms with Gasteiger partial charge >= 0.3 is 18.0 Å². The first kappa shape index (κ1) is 108. The predicted octanol–water partition coefficient (Wildman–Crippen LogP) is 14.2. The molecule has 0 N–H and O–H groups in total. The van der Waals surface area contributed by atoms with Crippen molar-refractivity contribution < 1.29 is 37.7 Å². The summed E-state index contributed by atoms with van der Waals surface area (Å²) in [7, 11) is 6.20. The molecular weight excluding hydrogens is 1890 g/mol. The van der Waals surface area contributed by atoms with E-state index in [9.17, 15) is 18.8 Å². The summed E-state index contributed by atoms with van der Waals surface area (Å²) in [5, 5.41) is 8.14. The number of anilines is 6. The number of ether oxygens (including phenoxy) is 4. The molecule has 6 aromatic carbocycles. The van der Waals surface area contributed by atoms with E-state index in [2.05, 4.69) is 178 Å². The molecule has 10 aliphatic rings. The lowest BCUT2D eigenvalue weighted by molar-refractivity contribution is -0.129. The molecule has 7 saturated heterocycles. The van der Waals surface area contributed by atoms with E-state index in [1.54, 1.807) is 22.8 Å². The number of fused-ring (bicyclic) bond motifs is 6. The standard InChI is InChI=1S/C37H45ClN8O3.C33H37ClFN7O2.C33H39N7O2.CH4.4H2S/c1-39-23-29-24-45(17-18-46(29)34(47)12-6-15-43-19-21-48-22-20-43)36-30-13-16-44(33-11-4-8-27-7-3-10-31(38)35(27)33)25-32(30)40-37(41-36)49-26-28-9-5-14-42(28)2;1-5-29(43)42-15-14-41(18-24(42)17-36-3)31-25-12-13-40(28-11-7-9-22-8-6-10-26(34)30(22)28)19-27(25)37-32(38-31)44-20-23-16-33(2,35)21-39(23)4;1-5-31(41)40-19-23(2)39(20-26(40)18-34-3)32-28-15-17-38(30-14-8-11-24-10-6-7-13-27(24)30)21-29(28)35-33(36-32)42-22-25-12-9-16-37(25)4;;;;;/h3-4,6-8,10-12,28-29H,5,9,13-26H2,2H3;5-11,23-24H,1,12-21H2,2,4H3;5-8,10-11,13-14,23,25-26H,1,9,12,15-22H2,2,4H3;1H4;4*1H2/b12-6+;;;;;;;/t28-,29-;23-,24-,33?;23-,25-,26-;;;;;/m000...../s1. The average Bonchev–Trinajstić information content (AvgIpc) is 0.897. The van der Waals surface area contributed by atoms with E-state index < -0.39 is 5.67 Å². The highest BCUT2D eigenvalue weighted by Gasteiger charge is 2.44. The molecule has 746 valence electrons. The Morgan fingerprint density at radius 2 is 0.907 bits per heavy atom. The van der Waals surface area contributed by atoms with E-state index in [0.29, 0.717) is 134 Å². The molecule has 10 aliphatic heterocycles. The number of halogens is 3. The first-order valence-electron chi connectivity index (χ1n) is 47.5. The van der Waals surface area contributed by atoms with Crippen LogP contribution >= 0.6 is 77.2 Å². The Morgan fingerprint density at radius 3 is 1.37 bits per heavy atom. The largest absolute Gasteiger partial charge is 0.462 e. The molecule has 19 rings (SSSR count). The number of likely N-dealkylation sites (N-methyl/N-ethyl adjacent to an activating group) is 3. The molecule has 0 saturated carbocycles. The lowest BCUT2D eigenvalue weighted by Gasteiger charge is -2.45. The number of amides is 3. The lowest BCUT2D eigenvalue weighted by Crippen LogP contribution is -2.60. The maximum atomic E-state index is 14.7. The summed E-state index contributed by atoms with van der Waals surface area (Å²) in [6.07, 6.45) is 13.5. The van der Waals surface area contributed by atoms with Crippen molar-refractivity contribution in [2.75, 3.05) is 214 Å². The summed E-state index contributed by atoms with van der Waals surface area (Å²) in [4.78, 5) is 108. The molecular formula is C104H133Cl2FN22O7S4. The van der Waals surface area contributed by atoms with Crippen molar-refractivity contribution in [2.24, 2.45) is 0 Å². The van der Waals surface area contributed by atoms with Crippen molar-refractivity contribution in [3.63, 3.8) is 0 Å². The van der Waals surface area contributed by atoms with E-state index >= 15 is 0 Å². The van der Waals surface area contributed by atoms with Crippen LogP contribution in [0.5, 0.6) is 18.0 Å². The van der Waals surface area contributed by atoms with Gasteiger partial charge in [-0.2, -0.15) is 83.9 Å². The summed E-state index contributed by atoms with van der Waals surface area (Å²) < 4.78 is 39.0. The van der Waals surface area contributed by atoms with Crippen LogP contribution in [-0.4, -0.2) is 315 Å². The number of piperazine rings is 3. The number of benzene rings is 6. The Hall–Kier alpha value is -10.7. The van der Waals surface area contributed by atoms with Crippen LogP contribution in [0.25, 0.3) is 46.9 Å². The number of hydrogen-bond acceptors (Lipinski definition) is 23. The molecule has 0 bridgehead atoms. The average molecular weight is 2020 g/mol. The lowest BCUT2D eigenvalue weighted by atomic mass is 10.00. The topological polar surface area (TPSA) is 221 Å². The summed E-state index contributed by atoms with van der Waals surface area (Å²) in [6, 6.07) is 40.3. The third-order valence-electron chi connectivity index (χ3n) is 28.5. The first-order valence-corrected chi connectivity index (χ1v) is 48.2. The van der Waals surface area contributed by atoms with Crippen molar-refractivity contribution in [2.45, 2.75) is 140 Å². The maximum Gasteiger partial charge on any atom is 0.318 e. The zero-order chi connectivity index (χ0) is 94.0. The van der Waals surface area contributed by atoms with Crippen LogP contribution in [0, 0.1) is 19.7 Å². The van der Waals surface area contributed by atoms with Crippen LogP contribution in [-0.2, 0) is 58.0 Å². The highest BCUT2D eigenvalue weighted by Crippen LogP contribution is 2.43. The molecule has 29 nitrogen and oxygen atoms in total. The zero-order valence-electron chi connectivity index (χ0n) is 80.0. The van der Waals surface area contributed by atoms with Gasteiger partial charge in [0.25, 0.3) is 0 Å². The van der Waals surface area contributed by atoms with Crippen LogP contribution in [0.4, 0.5) is 38.9 Å². The molecule has 0 radical (unpaired) electrons. The molecule has 7 fully saturated rings. The van der Waals surface area contributed by atoms with Gasteiger partial charge in [-0.05, 0) is 152 Å². The molecule has 13 heterocycles. The van der Waals surface area contributed by atoms with Gasteiger partial charge in [-0.1, -0.05) is 135 Å². The fourth-order valence-corrected chi connectivity index (χ4v) is 21.8. The molecule has 0 spiro atoms. The van der Waals surface area contributed by atoms with Gasteiger partial charge in [-0.15, -0.1) is 0 Å². The smallest absolute Gasteiger partial charge is 0.318 e. The molecule has 9 aromatic rings. The SMILES string of the molecule is C.S.S.S.S.[C-]#[N+]C[C@H]1CN(c2nc(OC[C@@H]3CC(C)(F)CN3C)nc3c2CCN(c2cccc4cccc(Cl)c24)C3)CCN1C(=O)C=C.[C-]#[N+]C[C@H]1CN(c2nc(OC[C@@H]3CCCN3C)nc3c2CCN(c2cccc4cccc(Cl)c24)C3)CCN1C(=O)/C=C/CN1CCOCC1.[C-]#[N+]C[C@H]1CN(c2nc(OC[C@@H]3CCCN3C)nc3c2CCN(c2cccc4ccccc24)C3)[C@@H](C)CN1C(=O)C=C. The van der Waals surface area contributed by atoms with Crippen LogP contribution in [0.2, 0.25) is 10.0 Å². The summed E-state index contributed by atoms with van der Waals surface area (Å²) in [5.74, 6) is 2.17. The number of alkyl halides is 1. The van der Waals surface area contributed by atoms with E-state index in [1.807, 2.05) is 53.3 Å². The number of carbonyl (C=O) groups excluding carboxylic acids is 3. The Labute approximate surface area is 861 Å². The second kappa shape index (κ2) is 49.4. The van der Waals surface area contributed by atoms with E-state index in [0.717, 1.165) is 187 Å². The molecule has 36 heteroatoms. The van der Waals surface area contributed by atoms with Gasteiger partial charge in [0, 0.05) is 185 Å². The quantitative estimate of drug-likeness (QED) is 0.0429. The van der Waals surface area contributed by atoms with Gasteiger partial charge in [0.1, 0.15) is 61.1 Å². The maximum absolute atomic E-state index is 14.7. The third kappa shape index (κ3) is 24.6. The highest BCUT2D eigenvalue weighted by molar-refractivity contribution is 7.59. The van der Waals surface area contributed by atoms with Crippen LogP contribution in [0.3, 0.4) is 0 Å². The van der Waals surface area contributed by atoms with Crippen molar-refractivity contribution in [3.05, 3.63) is 231 Å². The molecule has 3 amide bonds. The monoisotopic (exact) mass is 2020 g/mol. The fourth-order valence-electron chi connectivity index (χ4n) is 21.2. The molecule has 3 aromatic heterocycles. The van der Waals surface area contributed by atoms with Gasteiger partial charge in [0.2, 0.25) is 37.4 Å². The number of likely N-dealkylation sites (tertiary alicyclic amines) is 3. The van der Waals surface area contributed by atoms with E-state index in [4.69, 9.17) is 91.8 Å². The number of nitrogens with zero attached hydrogens (tertiary/aromatic N) is 22. The van der Waals surface area contributed by atoms with Crippen molar-refractivity contribution in [1.29, 1.82) is 0 Å². The molecule has 8 atom stereocenters. The van der Waals surface area contributed by atoms with Gasteiger partial charge in [0.05, 0.1) is 60.0 Å². The fraction of sp³-hybridized carbons (Fsp3) is 0.481. The summed E-state index contributed by atoms with van der Waals surface area (Å²) in [6.45, 7) is 50.6. The Bertz CT molecular complexity index is 6020. The minimum absolute atomic E-state index is 0. The Balaban J connectivity index is 0.000000185. The molecule has 1 unspecified atom stereocenters. The second-order valence-corrected chi connectivity index (χ2v) is 38.1. The van der Waals surface area contributed by atoms with Gasteiger partial charge in [-0.3, -0.25) is 24.2 Å². The Morgan fingerprint density at radius 1 is 0.486 bits per heavy atom. The van der Waals surface area contributed by atoms with Crippen LogP contribution in [0.1, 0.15) is 87.2 Å². The Kier molecular flexibility index (Phi) is 38.1. The van der Waals surface area contributed by atoms with Crippen LogP contribution in [0.15, 0.2) is 153 Å². The van der Waals surface area contributed by atoms with Gasteiger partial charge < -0.3 is 87.4 Å². The summed E-state index contributed by atoms with van der Waals surface area (Å²) in [5.41, 5.74) is 8.16. The van der Waals surface area contributed by atoms with Crippen molar-refractivity contribution in [1.82, 2.24) is 64.2 Å². The normalized spacial score (nSPS) is 22.0. The first-order chi connectivity index (χ1) is 65.6. The minimum atomic E-state index is -1.26. The number of morpholine rings is 1. The molecule has 140 heavy (non-hydrogen) atoms.